The maximum atomic E-state index is 13.1. The van der Waals surface area contributed by atoms with Crippen molar-refractivity contribution in [2.75, 3.05) is 13.1 Å². The maximum Gasteiger partial charge on any atom is 0.417 e. The summed E-state index contributed by atoms with van der Waals surface area (Å²) in [7, 11) is -4.00. The summed E-state index contributed by atoms with van der Waals surface area (Å²) in [5.41, 5.74) is 1.88. The average Bonchev–Trinajstić information content (AvgIpc) is 2.82. The van der Waals surface area contributed by atoms with Gasteiger partial charge in [0.05, 0.1) is 23.2 Å². The molecule has 3 rings (SSSR count). The van der Waals surface area contributed by atoms with Crippen LogP contribution in [-0.4, -0.2) is 37.9 Å². The van der Waals surface area contributed by atoms with Crippen LogP contribution in [0.1, 0.15) is 16.7 Å². The van der Waals surface area contributed by atoms with E-state index in [0.717, 1.165) is 22.1 Å². The third-order valence-electron chi connectivity index (χ3n) is 4.85. The van der Waals surface area contributed by atoms with Crippen molar-refractivity contribution in [3.8, 4) is 0 Å². The highest BCUT2D eigenvalue weighted by molar-refractivity contribution is 7.89. The molecule has 0 atom stereocenters. The number of carbonyl (C=O) groups is 1. The number of nitrogens with zero attached hydrogens (tertiary/aromatic N) is 2. The van der Waals surface area contributed by atoms with Gasteiger partial charge in [-0.05, 0) is 30.2 Å². The summed E-state index contributed by atoms with van der Waals surface area (Å²) < 4.78 is 66.6. The molecule has 10 heteroatoms. The second-order valence-electron chi connectivity index (χ2n) is 7.27. The van der Waals surface area contributed by atoms with E-state index in [9.17, 15) is 26.4 Å². The fraction of sp³-hybridized carbons (Fsp3) is 0.167. The molecular weight excluding hydrogens is 467 g/mol. The van der Waals surface area contributed by atoms with Gasteiger partial charge in [0.2, 0.25) is 10.0 Å². The fourth-order valence-corrected chi connectivity index (χ4v) is 4.58. The van der Waals surface area contributed by atoms with Crippen molar-refractivity contribution >= 4 is 22.1 Å². The number of nitrogens with one attached hydrogen (secondary N) is 1. The van der Waals surface area contributed by atoms with Crippen LogP contribution in [0.15, 0.2) is 94.9 Å². The first-order valence-electron chi connectivity index (χ1n) is 10.2. The number of amides is 1. The SMILES string of the molecule is O=C(CN(CCc1ccccc1)S(=O)(=O)c1ccccc1)N/N=C\c1ccccc1C(F)(F)F. The van der Waals surface area contributed by atoms with Gasteiger partial charge < -0.3 is 0 Å². The van der Waals surface area contributed by atoms with E-state index in [4.69, 9.17) is 0 Å². The van der Waals surface area contributed by atoms with Crippen LogP contribution >= 0.6 is 0 Å². The highest BCUT2D eigenvalue weighted by Gasteiger charge is 2.32. The number of sulfonamides is 1. The Bertz CT molecular complexity index is 1230. The molecule has 6 nitrogen and oxygen atoms in total. The number of hydrogen-bond acceptors (Lipinski definition) is 4. The van der Waals surface area contributed by atoms with Crippen LogP contribution in [0.25, 0.3) is 0 Å². The normalized spacial score (nSPS) is 12.2. The van der Waals surface area contributed by atoms with E-state index < -0.39 is 34.2 Å². The Kier molecular flexibility index (Phi) is 8.19. The summed E-state index contributed by atoms with van der Waals surface area (Å²) in [5.74, 6) is -0.784. The number of benzene rings is 3. The van der Waals surface area contributed by atoms with Gasteiger partial charge in [-0.3, -0.25) is 4.79 Å². The molecule has 0 saturated carbocycles. The van der Waals surface area contributed by atoms with Gasteiger partial charge in [-0.25, -0.2) is 13.8 Å². The first kappa shape index (κ1) is 25.1. The summed E-state index contributed by atoms with van der Waals surface area (Å²) >= 11 is 0. The van der Waals surface area contributed by atoms with E-state index in [1.165, 1.54) is 30.3 Å². The highest BCUT2D eigenvalue weighted by atomic mass is 32.2. The Morgan fingerprint density at radius 2 is 1.50 bits per heavy atom. The summed E-state index contributed by atoms with van der Waals surface area (Å²) in [5, 5.41) is 3.60. The van der Waals surface area contributed by atoms with E-state index in [1.807, 2.05) is 30.3 Å². The minimum absolute atomic E-state index is 0.0231. The molecular formula is C24H22F3N3O3S. The number of rotatable bonds is 9. The van der Waals surface area contributed by atoms with Gasteiger partial charge in [0, 0.05) is 12.1 Å². The molecule has 0 unspecified atom stereocenters. The molecule has 1 N–H and O–H groups in total. The third kappa shape index (κ3) is 6.75. The van der Waals surface area contributed by atoms with Gasteiger partial charge >= 0.3 is 6.18 Å². The van der Waals surface area contributed by atoms with Crippen LogP contribution in [0, 0.1) is 0 Å². The molecule has 3 aromatic rings. The van der Waals surface area contributed by atoms with Gasteiger partial charge in [-0.2, -0.15) is 22.6 Å². The quantitative estimate of drug-likeness (QED) is 0.363. The molecule has 0 aromatic heterocycles. The molecule has 178 valence electrons. The third-order valence-corrected chi connectivity index (χ3v) is 6.71. The highest BCUT2D eigenvalue weighted by Crippen LogP contribution is 2.31. The Labute approximate surface area is 195 Å². The van der Waals surface area contributed by atoms with Crippen molar-refractivity contribution in [2.45, 2.75) is 17.5 Å². The molecule has 0 heterocycles. The van der Waals surface area contributed by atoms with E-state index in [-0.39, 0.29) is 17.0 Å². The van der Waals surface area contributed by atoms with Crippen molar-refractivity contribution in [1.82, 2.24) is 9.73 Å². The van der Waals surface area contributed by atoms with Crippen molar-refractivity contribution in [3.63, 3.8) is 0 Å². The van der Waals surface area contributed by atoms with Gasteiger partial charge in [0.1, 0.15) is 0 Å². The smallest absolute Gasteiger partial charge is 0.272 e. The van der Waals surface area contributed by atoms with Gasteiger partial charge in [-0.1, -0.05) is 66.7 Å². The van der Waals surface area contributed by atoms with E-state index in [0.29, 0.717) is 6.42 Å². The summed E-state index contributed by atoms with van der Waals surface area (Å²) in [6.07, 6.45) is -3.34. The lowest BCUT2D eigenvalue weighted by molar-refractivity contribution is -0.137. The van der Waals surface area contributed by atoms with Gasteiger partial charge in [-0.15, -0.1) is 0 Å². The lowest BCUT2D eigenvalue weighted by Gasteiger charge is -2.21. The Balaban J connectivity index is 1.74. The first-order valence-corrected chi connectivity index (χ1v) is 11.7. The lowest BCUT2D eigenvalue weighted by atomic mass is 10.1. The Morgan fingerprint density at radius 1 is 0.912 bits per heavy atom. The molecule has 0 bridgehead atoms. The zero-order chi connectivity index (χ0) is 24.6. The van der Waals surface area contributed by atoms with Crippen molar-refractivity contribution < 1.29 is 26.4 Å². The zero-order valence-corrected chi connectivity index (χ0v) is 18.8. The standard InChI is InChI=1S/C24H22F3N3O3S/c25-24(26,27)22-14-8-7-11-20(22)17-28-29-23(31)18-30(16-15-19-9-3-1-4-10-19)34(32,33)21-12-5-2-6-13-21/h1-14,17H,15-16,18H2,(H,29,31)/b28-17-. The molecule has 0 saturated heterocycles. The molecule has 3 aromatic carbocycles. The number of alkyl halides is 3. The van der Waals surface area contributed by atoms with Gasteiger partial charge in [0.25, 0.3) is 5.91 Å². The zero-order valence-electron chi connectivity index (χ0n) is 17.9. The largest absolute Gasteiger partial charge is 0.417 e. The van der Waals surface area contributed by atoms with Crippen LogP contribution in [0.4, 0.5) is 13.2 Å². The first-order chi connectivity index (χ1) is 16.2. The summed E-state index contributed by atoms with van der Waals surface area (Å²) in [4.78, 5) is 12.5. The Morgan fingerprint density at radius 3 is 2.15 bits per heavy atom. The van der Waals surface area contributed by atoms with Crippen LogP contribution in [0.2, 0.25) is 0 Å². The van der Waals surface area contributed by atoms with Gasteiger partial charge in [0.15, 0.2) is 0 Å². The second-order valence-corrected chi connectivity index (χ2v) is 9.20. The van der Waals surface area contributed by atoms with Crippen LogP contribution in [0.3, 0.4) is 0 Å². The Hall–Kier alpha value is -3.50. The topological polar surface area (TPSA) is 78.8 Å². The van der Waals surface area contributed by atoms with Crippen molar-refractivity contribution in [3.05, 3.63) is 102 Å². The van der Waals surface area contributed by atoms with Crippen molar-refractivity contribution in [2.24, 2.45) is 5.10 Å². The molecule has 34 heavy (non-hydrogen) atoms. The number of carbonyl (C=O) groups excluding carboxylic acids is 1. The number of hydrazone groups is 1. The minimum atomic E-state index is -4.58. The van der Waals surface area contributed by atoms with Crippen LogP contribution < -0.4 is 5.43 Å². The van der Waals surface area contributed by atoms with E-state index in [1.54, 1.807) is 18.2 Å². The molecule has 0 fully saturated rings. The predicted octanol–water partition coefficient (Wildman–Crippen LogP) is 4.09. The van der Waals surface area contributed by atoms with E-state index in [2.05, 4.69) is 10.5 Å². The van der Waals surface area contributed by atoms with Crippen LogP contribution in [-0.2, 0) is 27.4 Å². The molecule has 0 spiro atoms. The monoisotopic (exact) mass is 489 g/mol. The van der Waals surface area contributed by atoms with Crippen molar-refractivity contribution in [1.29, 1.82) is 0 Å². The van der Waals surface area contributed by atoms with E-state index >= 15 is 0 Å². The predicted molar refractivity (Wildman–Crippen MR) is 123 cm³/mol. The molecule has 1 amide bonds. The fourth-order valence-electron chi connectivity index (χ4n) is 3.16. The second kappa shape index (κ2) is 11.1. The summed E-state index contributed by atoms with van der Waals surface area (Å²) in [6.45, 7) is -0.530. The molecule has 0 aliphatic rings. The number of halogens is 3. The maximum absolute atomic E-state index is 13.1. The lowest BCUT2D eigenvalue weighted by Crippen LogP contribution is -2.40. The molecule has 0 aliphatic carbocycles. The summed E-state index contributed by atoms with van der Waals surface area (Å²) in [6, 6.07) is 21.6. The molecule has 0 aliphatic heterocycles. The van der Waals surface area contributed by atoms with Crippen LogP contribution in [0.5, 0.6) is 0 Å². The minimum Gasteiger partial charge on any atom is -0.272 e. The average molecular weight is 490 g/mol. The number of hydrogen-bond donors (Lipinski definition) is 1. The molecule has 0 radical (unpaired) electrons.